The number of aliphatic hydroxyl groups excluding tert-OH is 1. The highest BCUT2D eigenvalue weighted by Gasteiger charge is 2.30. The van der Waals surface area contributed by atoms with E-state index in [4.69, 9.17) is 5.11 Å². The fourth-order valence-electron chi connectivity index (χ4n) is 2.85. The van der Waals surface area contributed by atoms with Crippen molar-refractivity contribution in [2.45, 2.75) is 44.4 Å². The third kappa shape index (κ3) is 4.86. The lowest BCUT2D eigenvalue weighted by atomic mass is 10.0. The first-order valence-corrected chi connectivity index (χ1v) is 7.73. The summed E-state index contributed by atoms with van der Waals surface area (Å²) < 4.78 is 38.0. The number of rotatable bonds is 4. The molecule has 1 heterocycles. The first-order chi connectivity index (χ1) is 10.9. The maximum absolute atomic E-state index is 12.7. The molecule has 128 valence electrons. The summed E-state index contributed by atoms with van der Waals surface area (Å²) in [6, 6.07) is 4.64. The number of likely N-dealkylation sites (tertiary alicyclic amines) is 1. The monoisotopic (exact) mass is 330 g/mol. The maximum atomic E-state index is 12.7. The first-order valence-electron chi connectivity index (χ1n) is 7.73. The first kappa shape index (κ1) is 17.6. The second-order valence-corrected chi connectivity index (χ2v) is 5.71. The number of carbonyl (C=O) groups is 1. The van der Waals surface area contributed by atoms with Crippen LogP contribution in [0.3, 0.4) is 0 Å². The maximum Gasteiger partial charge on any atom is 0.416 e. The molecule has 1 aliphatic heterocycles. The summed E-state index contributed by atoms with van der Waals surface area (Å²) in [5.74, 6) is 0. The van der Waals surface area contributed by atoms with Crippen LogP contribution in [-0.4, -0.2) is 35.2 Å². The third-order valence-electron chi connectivity index (χ3n) is 4.05. The Hall–Kier alpha value is -1.76. The Labute approximate surface area is 133 Å². The molecule has 0 saturated carbocycles. The number of hydrogen-bond donors (Lipinski definition) is 2. The molecular formula is C16H21F3N2O2. The molecule has 0 spiro atoms. The van der Waals surface area contributed by atoms with Gasteiger partial charge >= 0.3 is 12.2 Å². The average molecular weight is 330 g/mol. The quantitative estimate of drug-likeness (QED) is 0.891. The Morgan fingerprint density at radius 3 is 2.83 bits per heavy atom. The summed E-state index contributed by atoms with van der Waals surface area (Å²) in [6.07, 6.45) is -1.10. The van der Waals surface area contributed by atoms with Gasteiger partial charge in [0.1, 0.15) is 0 Å². The number of urea groups is 1. The summed E-state index contributed by atoms with van der Waals surface area (Å²) in [4.78, 5) is 13.9. The number of benzene rings is 1. The van der Waals surface area contributed by atoms with E-state index >= 15 is 0 Å². The molecular weight excluding hydrogens is 309 g/mol. The van der Waals surface area contributed by atoms with Crippen LogP contribution in [0.5, 0.6) is 0 Å². The Kier molecular flexibility index (Phi) is 5.87. The van der Waals surface area contributed by atoms with E-state index in [0.29, 0.717) is 18.5 Å². The van der Waals surface area contributed by atoms with Crippen LogP contribution in [0.15, 0.2) is 24.3 Å². The van der Waals surface area contributed by atoms with Gasteiger partial charge in [0.25, 0.3) is 0 Å². The highest BCUT2D eigenvalue weighted by Crippen LogP contribution is 2.29. The highest BCUT2D eigenvalue weighted by atomic mass is 19.4. The summed E-state index contributed by atoms with van der Waals surface area (Å²) in [5, 5.41) is 11.7. The predicted octanol–water partition coefficient (Wildman–Crippen LogP) is 3.15. The van der Waals surface area contributed by atoms with Crippen molar-refractivity contribution < 1.29 is 23.1 Å². The number of nitrogens with one attached hydrogen (secondary N) is 1. The fourth-order valence-corrected chi connectivity index (χ4v) is 2.85. The summed E-state index contributed by atoms with van der Waals surface area (Å²) in [5.41, 5.74) is -0.315. The van der Waals surface area contributed by atoms with Crippen molar-refractivity contribution in [2.24, 2.45) is 0 Å². The van der Waals surface area contributed by atoms with Crippen molar-refractivity contribution in [2.75, 3.05) is 13.2 Å². The number of halogens is 3. The third-order valence-corrected chi connectivity index (χ3v) is 4.05. The molecule has 1 aliphatic rings. The van der Waals surface area contributed by atoms with E-state index in [0.717, 1.165) is 31.4 Å². The molecule has 2 rings (SSSR count). The predicted molar refractivity (Wildman–Crippen MR) is 79.7 cm³/mol. The lowest BCUT2D eigenvalue weighted by Gasteiger charge is -2.35. The molecule has 1 aromatic carbocycles. The molecule has 1 atom stereocenters. The SMILES string of the molecule is O=C(NCc1cccc(C(F)(F)F)c1)N1CCCCC1CCO. The number of nitrogens with zero attached hydrogens (tertiary/aromatic N) is 1. The molecule has 0 aliphatic carbocycles. The van der Waals surface area contributed by atoms with Gasteiger partial charge in [-0.1, -0.05) is 12.1 Å². The van der Waals surface area contributed by atoms with Crippen molar-refractivity contribution in [3.05, 3.63) is 35.4 Å². The minimum absolute atomic E-state index is 0.00439. The smallest absolute Gasteiger partial charge is 0.396 e. The van der Waals surface area contributed by atoms with Crippen molar-refractivity contribution in [1.82, 2.24) is 10.2 Å². The van der Waals surface area contributed by atoms with E-state index in [1.165, 1.54) is 6.07 Å². The summed E-state index contributed by atoms with van der Waals surface area (Å²) >= 11 is 0. The van der Waals surface area contributed by atoms with Crippen LogP contribution >= 0.6 is 0 Å². The largest absolute Gasteiger partial charge is 0.416 e. The molecule has 1 unspecified atom stereocenters. The van der Waals surface area contributed by atoms with Crippen molar-refractivity contribution in [3.63, 3.8) is 0 Å². The van der Waals surface area contributed by atoms with Crippen LogP contribution in [0.1, 0.15) is 36.8 Å². The minimum atomic E-state index is -4.39. The molecule has 23 heavy (non-hydrogen) atoms. The number of hydrogen-bond acceptors (Lipinski definition) is 2. The summed E-state index contributed by atoms with van der Waals surface area (Å²) in [7, 11) is 0. The molecule has 0 bridgehead atoms. The Morgan fingerprint density at radius 1 is 1.35 bits per heavy atom. The number of aliphatic hydroxyl groups is 1. The molecule has 2 N–H and O–H groups in total. The van der Waals surface area contributed by atoms with Crippen LogP contribution in [0.4, 0.5) is 18.0 Å². The van der Waals surface area contributed by atoms with Gasteiger partial charge in [-0.05, 0) is 43.4 Å². The van der Waals surface area contributed by atoms with Crippen LogP contribution in [0, 0.1) is 0 Å². The van der Waals surface area contributed by atoms with Gasteiger partial charge in [0.15, 0.2) is 0 Å². The van der Waals surface area contributed by atoms with Gasteiger partial charge in [0, 0.05) is 25.7 Å². The Balaban J connectivity index is 1.95. The van der Waals surface area contributed by atoms with E-state index in [9.17, 15) is 18.0 Å². The van der Waals surface area contributed by atoms with Gasteiger partial charge < -0.3 is 15.3 Å². The fraction of sp³-hybridized carbons (Fsp3) is 0.562. The molecule has 0 aromatic heterocycles. The van der Waals surface area contributed by atoms with E-state index in [1.807, 2.05) is 0 Å². The van der Waals surface area contributed by atoms with Crippen molar-refractivity contribution in [1.29, 1.82) is 0 Å². The highest BCUT2D eigenvalue weighted by molar-refractivity contribution is 5.74. The minimum Gasteiger partial charge on any atom is -0.396 e. The van der Waals surface area contributed by atoms with Gasteiger partial charge in [-0.25, -0.2) is 4.79 Å². The number of piperidine rings is 1. The average Bonchev–Trinajstić information content (AvgIpc) is 2.53. The van der Waals surface area contributed by atoms with Crippen molar-refractivity contribution >= 4 is 6.03 Å². The molecule has 1 saturated heterocycles. The van der Waals surface area contributed by atoms with Crippen molar-refractivity contribution in [3.8, 4) is 0 Å². The zero-order valence-electron chi connectivity index (χ0n) is 12.8. The standard InChI is InChI=1S/C16H21F3N2O2/c17-16(18,19)13-5-3-4-12(10-13)11-20-15(23)21-8-2-1-6-14(21)7-9-22/h3-5,10,14,22H,1-2,6-9,11H2,(H,20,23). The second kappa shape index (κ2) is 7.68. The lowest BCUT2D eigenvalue weighted by molar-refractivity contribution is -0.137. The van der Waals surface area contributed by atoms with Gasteiger partial charge in [-0.15, -0.1) is 0 Å². The number of carbonyl (C=O) groups excluding carboxylic acids is 1. The van der Waals surface area contributed by atoms with E-state index in [1.54, 1.807) is 11.0 Å². The number of amides is 2. The molecule has 4 nitrogen and oxygen atoms in total. The summed E-state index contributed by atoms with van der Waals surface area (Å²) in [6.45, 7) is 0.673. The normalized spacial score (nSPS) is 18.8. The van der Waals surface area contributed by atoms with E-state index < -0.39 is 11.7 Å². The van der Waals surface area contributed by atoms with Gasteiger partial charge in [-0.3, -0.25) is 0 Å². The van der Waals surface area contributed by atoms with Crippen LogP contribution in [-0.2, 0) is 12.7 Å². The molecule has 0 radical (unpaired) electrons. The zero-order valence-corrected chi connectivity index (χ0v) is 12.8. The molecule has 1 fully saturated rings. The van der Waals surface area contributed by atoms with Crippen LogP contribution < -0.4 is 5.32 Å². The Morgan fingerprint density at radius 2 is 2.13 bits per heavy atom. The van der Waals surface area contributed by atoms with Gasteiger partial charge in [0.2, 0.25) is 0 Å². The zero-order chi connectivity index (χ0) is 16.9. The second-order valence-electron chi connectivity index (χ2n) is 5.71. The number of alkyl halides is 3. The van der Waals surface area contributed by atoms with E-state index in [2.05, 4.69) is 5.32 Å². The van der Waals surface area contributed by atoms with Crippen LogP contribution in [0.25, 0.3) is 0 Å². The topological polar surface area (TPSA) is 52.6 Å². The van der Waals surface area contributed by atoms with Gasteiger partial charge in [-0.2, -0.15) is 13.2 Å². The van der Waals surface area contributed by atoms with E-state index in [-0.39, 0.29) is 25.2 Å². The molecule has 2 amide bonds. The molecule has 7 heteroatoms. The van der Waals surface area contributed by atoms with Gasteiger partial charge in [0.05, 0.1) is 5.56 Å². The van der Waals surface area contributed by atoms with Crippen LogP contribution in [0.2, 0.25) is 0 Å². The Bertz CT molecular complexity index is 532. The lowest BCUT2D eigenvalue weighted by Crippen LogP contribution is -2.48. The molecule has 1 aromatic rings.